The molecule has 0 saturated heterocycles. The van der Waals surface area contributed by atoms with Gasteiger partial charge in [0.05, 0.1) is 19.1 Å². The van der Waals surface area contributed by atoms with Gasteiger partial charge in [-0.15, -0.1) is 0 Å². The maximum absolute atomic E-state index is 12.2. The van der Waals surface area contributed by atoms with Crippen LogP contribution >= 0.6 is 0 Å². The van der Waals surface area contributed by atoms with Crippen LogP contribution < -0.4 is 10.5 Å². The Morgan fingerprint density at radius 3 is 2.59 bits per heavy atom. The lowest BCUT2D eigenvalue weighted by Gasteiger charge is -2.33. The van der Waals surface area contributed by atoms with Gasteiger partial charge in [-0.2, -0.15) is 0 Å². The maximum Gasteiger partial charge on any atom is 0.231 e. The molecule has 0 radical (unpaired) electrons. The van der Waals surface area contributed by atoms with Gasteiger partial charge in [0.1, 0.15) is 5.75 Å². The molecule has 5 heteroatoms. The van der Waals surface area contributed by atoms with Crippen LogP contribution in [0.3, 0.4) is 0 Å². The molecule has 1 heterocycles. The first-order valence-corrected chi connectivity index (χ1v) is 9.27. The SMILES string of the molecule is COc1cccc(-c2cccc([C@@H]3C[C@H]3[C@]3(C)CC(=O)N(C)C(N)=N3)c2)c1. The summed E-state index contributed by atoms with van der Waals surface area (Å²) < 4.78 is 5.34. The standard InChI is InChI=1S/C22H25N3O2/c1-22(13-20(26)25(2)21(23)24-22)19-12-18(19)16-8-4-6-14(10-16)15-7-5-9-17(11-15)27-3/h4-11,18-19H,12-13H2,1-3H3,(H2,23,24)/t18-,19+,22-/m0/s1. The number of methoxy groups -OCH3 is 1. The third-order valence-electron chi connectivity index (χ3n) is 5.90. The predicted molar refractivity (Wildman–Crippen MR) is 107 cm³/mol. The molecule has 0 spiro atoms. The lowest BCUT2D eigenvalue weighted by atomic mass is 9.87. The van der Waals surface area contributed by atoms with E-state index < -0.39 is 5.54 Å². The zero-order valence-corrected chi connectivity index (χ0v) is 16.0. The Balaban J connectivity index is 1.59. The van der Waals surface area contributed by atoms with E-state index in [4.69, 9.17) is 10.5 Å². The summed E-state index contributed by atoms with van der Waals surface area (Å²) in [5, 5.41) is 0. The zero-order chi connectivity index (χ0) is 19.2. The molecule has 27 heavy (non-hydrogen) atoms. The molecule has 2 N–H and O–H groups in total. The minimum absolute atomic E-state index is 0.0424. The number of ether oxygens (including phenoxy) is 1. The van der Waals surface area contributed by atoms with E-state index in [1.54, 1.807) is 14.2 Å². The second-order valence-electron chi connectivity index (χ2n) is 7.76. The number of nitrogens with two attached hydrogens (primary N) is 1. The number of benzene rings is 2. The van der Waals surface area contributed by atoms with Crippen LogP contribution in [-0.4, -0.2) is 36.5 Å². The van der Waals surface area contributed by atoms with Crippen molar-refractivity contribution in [2.24, 2.45) is 16.6 Å². The third-order valence-corrected chi connectivity index (χ3v) is 5.90. The molecule has 1 aliphatic carbocycles. The summed E-state index contributed by atoms with van der Waals surface area (Å²) >= 11 is 0. The number of hydrogen-bond donors (Lipinski definition) is 1. The fraction of sp³-hybridized carbons (Fsp3) is 0.364. The summed E-state index contributed by atoms with van der Waals surface area (Å²) in [5.74, 6) is 1.97. The molecule has 2 aliphatic rings. The Kier molecular flexibility index (Phi) is 4.17. The Morgan fingerprint density at radius 2 is 1.89 bits per heavy atom. The highest BCUT2D eigenvalue weighted by atomic mass is 16.5. The van der Waals surface area contributed by atoms with E-state index >= 15 is 0 Å². The van der Waals surface area contributed by atoms with E-state index in [-0.39, 0.29) is 5.91 Å². The summed E-state index contributed by atoms with van der Waals surface area (Å²) in [4.78, 5) is 18.4. The molecule has 1 saturated carbocycles. The van der Waals surface area contributed by atoms with Crippen LogP contribution in [0.4, 0.5) is 0 Å². The quantitative estimate of drug-likeness (QED) is 0.905. The molecular formula is C22H25N3O2. The Hall–Kier alpha value is -2.82. The van der Waals surface area contributed by atoms with Crippen LogP contribution in [-0.2, 0) is 4.79 Å². The molecule has 0 unspecified atom stereocenters. The number of nitrogens with zero attached hydrogens (tertiary/aromatic N) is 2. The summed E-state index contributed by atoms with van der Waals surface area (Å²) in [6, 6.07) is 16.7. The van der Waals surface area contributed by atoms with Gasteiger partial charge in [-0.1, -0.05) is 36.4 Å². The lowest BCUT2D eigenvalue weighted by molar-refractivity contribution is -0.128. The van der Waals surface area contributed by atoms with E-state index in [9.17, 15) is 4.79 Å². The van der Waals surface area contributed by atoms with Crippen molar-refractivity contribution in [3.8, 4) is 16.9 Å². The van der Waals surface area contributed by atoms with E-state index in [2.05, 4.69) is 42.2 Å². The van der Waals surface area contributed by atoms with Crippen LogP contribution in [0.1, 0.15) is 31.2 Å². The molecule has 2 aromatic rings. The Labute approximate surface area is 159 Å². The summed E-state index contributed by atoms with van der Waals surface area (Å²) in [6.45, 7) is 2.06. The van der Waals surface area contributed by atoms with Gasteiger partial charge in [0, 0.05) is 7.05 Å². The van der Waals surface area contributed by atoms with Crippen molar-refractivity contribution in [2.45, 2.75) is 31.2 Å². The largest absolute Gasteiger partial charge is 0.497 e. The minimum atomic E-state index is -0.412. The van der Waals surface area contributed by atoms with Crippen molar-refractivity contribution in [3.05, 3.63) is 54.1 Å². The number of carbonyl (C=O) groups excluding carboxylic acids is 1. The van der Waals surface area contributed by atoms with Gasteiger partial charge in [-0.05, 0) is 54.0 Å². The van der Waals surface area contributed by atoms with Crippen molar-refractivity contribution in [1.82, 2.24) is 4.90 Å². The molecule has 1 fully saturated rings. The molecular weight excluding hydrogens is 338 g/mol. The van der Waals surface area contributed by atoms with Crippen LogP contribution in [0.25, 0.3) is 11.1 Å². The average molecular weight is 363 g/mol. The van der Waals surface area contributed by atoms with Gasteiger partial charge in [-0.3, -0.25) is 9.69 Å². The number of carbonyl (C=O) groups is 1. The first-order chi connectivity index (χ1) is 12.9. The highest BCUT2D eigenvalue weighted by Gasteiger charge is 2.53. The van der Waals surface area contributed by atoms with Crippen molar-refractivity contribution in [3.63, 3.8) is 0 Å². The molecule has 140 valence electrons. The average Bonchev–Trinajstić information content (AvgIpc) is 3.48. The van der Waals surface area contributed by atoms with Crippen LogP contribution in [0.15, 0.2) is 53.5 Å². The number of amides is 1. The summed E-state index contributed by atoms with van der Waals surface area (Å²) in [7, 11) is 3.36. The van der Waals surface area contributed by atoms with E-state index in [1.165, 1.54) is 16.0 Å². The number of rotatable bonds is 4. The molecule has 0 bridgehead atoms. The number of guanidine groups is 1. The normalized spacial score (nSPS) is 27.3. The molecule has 2 aromatic carbocycles. The Morgan fingerprint density at radius 1 is 1.19 bits per heavy atom. The number of hydrogen-bond acceptors (Lipinski definition) is 4. The lowest BCUT2D eigenvalue weighted by Crippen LogP contribution is -2.49. The predicted octanol–water partition coefficient (Wildman–Crippen LogP) is 3.40. The van der Waals surface area contributed by atoms with Crippen LogP contribution in [0.2, 0.25) is 0 Å². The van der Waals surface area contributed by atoms with Gasteiger partial charge in [0.25, 0.3) is 0 Å². The van der Waals surface area contributed by atoms with Gasteiger partial charge >= 0.3 is 0 Å². The summed E-state index contributed by atoms with van der Waals surface area (Å²) in [5.41, 5.74) is 9.15. The van der Waals surface area contributed by atoms with Crippen molar-refractivity contribution < 1.29 is 9.53 Å². The Bertz CT molecular complexity index is 923. The summed E-state index contributed by atoms with van der Waals surface area (Å²) in [6.07, 6.45) is 1.45. The van der Waals surface area contributed by atoms with E-state index in [1.807, 2.05) is 18.2 Å². The van der Waals surface area contributed by atoms with Gasteiger partial charge < -0.3 is 10.5 Å². The second kappa shape index (κ2) is 6.41. The van der Waals surface area contributed by atoms with Gasteiger partial charge in [-0.25, -0.2) is 4.99 Å². The molecule has 5 nitrogen and oxygen atoms in total. The van der Waals surface area contributed by atoms with Crippen LogP contribution in [0.5, 0.6) is 5.75 Å². The van der Waals surface area contributed by atoms with Gasteiger partial charge in [0.2, 0.25) is 5.91 Å². The van der Waals surface area contributed by atoms with E-state index in [0.717, 1.165) is 17.7 Å². The first kappa shape index (κ1) is 17.6. The van der Waals surface area contributed by atoms with Gasteiger partial charge in [0.15, 0.2) is 5.96 Å². The molecule has 1 amide bonds. The fourth-order valence-corrected chi connectivity index (χ4v) is 4.14. The maximum atomic E-state index is 12.2. The topological polar surface area (TPSA) is 67.9 Å². The van der Waals surface area contributed by atoms with Crippen LogP contribution in [0, 0.1) is 5.92 Å². The highest BCUT2D eigenvalue weighted by molar-refractivity contribution is 5.98. The fourth-order valence-electron chi connectivity index (χ4n) is 4.14. The monoisotopic (exact) mass is 363 g/mol. The molecule has 3 atom stereocenters. The number of aliphatic imine (C=N–C) groups is 1. The van der Waals surface area contributed by atoms with E-state index in [0.29, 0.717) is 24.2 Å². The third kappa shape index (κ3) is 3.18. The molecule has 0 aromatic heterocycles. The zero-order valence-electron chi connectivity index (χ0n) is 16.0. The highest BCUT2D eigenvalue weighted by Crippen LogP contribution is 2.56. The first-order valence-electron chi connectivity index (χ1n) is 9.27. The smallest absolute Gasteiger partial charge is 0.231 e. The van der Waals surface area contributed by atoms with Crippen molar-refractivity contribution in [1.29, 1.82) is 0 Å². The molecule has 4 rings (SSSR count). The van der Waals surface area contributed by atoms with Crippen molar-refractivity contribution >= 4 is 11.9 Å². The van der Waals surface area contributed by atoms with Crippen molar-refractivity contribution in [2.75, 3.05) is 14.2 Å². The minimum Gasteiger partial charge on any atom is -0.497 e. The second-order valence-corrected chi connectivity index (χ2v) is 7.76. The molecule has 1 aliphatic heterocycles.